The molecule has 1 aromatic rings. The van der Waals surface area contributed by atoms with E-state index in [4.69, 9.17) is 5.21 Å². The second kappa shape index (κ2) is 9.80. The summed E-state index contributed by atoms with van der Waals surface area (Å²) < 4.78 is 28.0. The van der Waals surface area contributed by atoms with Crippen LogP contribution in [-0.4, -0.2) is 19.5 Å². The molecular weight excluding hydrogens is 444 g/mol. The third kappa shape index (κ3) is 5.10. The van der Waals surface area contributed by atoms with Crippen LogP contribution in [0, 0.1) is 23.7 Å². The van der Waals surface area contributed by atoms with E-state index < -0.39 is 10.5 Å². The molecule has 2 bridgehead atoms. The normalized spacial score (nSPS) is 27.1. The van der Waals surface area contributed by atoms with Gasteiger partial charge in [0.25, 0.3) is 0 Å². The Kier molecular flexibility index (Phi) is 7.42. The van der Waals surface area contributed by atoms with Gasteiger partial charge in [0.2, 0.25) is 5.91 Å². The summed E-state index contributed by atoms with van der Waals surface area (Å²) in [6, 6.07) is 7.39. The highest BCUT2D eigenvalue weighted by atomic mass is 79.9. The topological polar surface area (TPSA) is 95.8 Å². The first-order valence-corrected chi connectivity index (χ1v) is 11.5. The van der Waals surface area contributed by atoms with Crippen molar-refractivity contribution in [2.75, 3.05) is 0 Å². The fraction of sp³-hybridized carbons (Fsp3) is 0.550. The van der Waals surface area contributed by atoms with Gasteiger partial charge in [-0.05, 0) is 73.5 Å². The highest BCUT2D eigenvalue weighted by Gasteiger charge is 2.49. The summed E-state index contributed by atoms with van der Waals surface area (Å²) in [6.45, 7) is 0. The number of halogens is 1. The van der Waals surface area contributed by atoms with Gasteiger partial charge in [-0.2, -0.15) is 12.8 Å². The number of rotatable bonds is 8. The lowest BCUT2D eigenvalue weighted by atomic mass is 9.73. The number of hydrogen-bond donors (Lipinski definition) is 2. The van der Waals surface area contributed by atoms with Gasteiger partial charge in [0.1, 0.15) is 0 Å². The fourth-order valence-electron chi connectivity index (χ4n) is 4.93. The molecule has 28 heavy (non-hydrogen) atoms. The molecule has 2 fully saturated rings. The average molecular weight is 469 g/mol. The number of carbonyl (C=O) groups is 1. The van der Waals surface area contributed by atoms with Gasteiger partial charge in [0.15, 0.2) is 0 Å². The lowest BCUT2D eigenvalue weighted by Crippen LogP contribution is -2.26. The van der Waals surface area contributed by atoms with Crippen LogP contribution in [0.25, 0.3) is 0 Å². The summed E-state index contributed by atoms with van der Waals surface area (Å²) in [7, 11) is -2.46. The van der Waals surface area contributed by atoms with E-state index in [9.17, 15) is 13.2 Å². The maximum absolute atomic E-state index is 11.5. The Hall–Kier alpha value is -1.51. The van der Waals surface area contributed by atoms with E-state index >= 15 is 0 Å². The highest BCUT2D eigenvalue weighted by molar-refractivity contribution is 9.10. The van der Waals surface area contributed by atoms with Crippen molar-refractivity contribution in [1.29, 1.82) is 0 Å². The number of allylic oxidation sites excluding steroid dienone is 2. The molecule has 0 saturated heterocycles. The zero-order chi connectivity index (χ0) is 20.1. The molecular formula is C20H25BrN2O4S. The van der Waals surface area contributed by atoms with Crippen LogP contribution < -0.4 is 5.48 Å². The van der Waals surface area contributed by atoms with E-state index in [1.165, 1.54) is 6.42 Å². The number of nitrogens with one attached hydrogen (secondary N) is 1. The van der Waals surface area contributed by atoms with Gasteiger partial charge in [-0.25, -0.2) is 5.48 Å². The summed E-state index contributed by atoms with van der Waals surface area (Å²) in [5.41, 5.74) is 2.58. The van der Waals surface area contributed by atoms with Crippen LogP contribution >= 0.6 is 15.9 Å². The Bertz CT molecular complexity index is 845. The summed E-state index contributed by atoms with van der Waals surface area (Å²) in [6.07, 6.45) is 9.44. The van der Waals surface area contributed by atoms with Crippen LogP contribution in [0.15, 0.2) is 45.3 Å². The SMILES string of the molecule is O=C(CCCC=CC1C2CCC(C2)C1C(N=S(=O)=O)c1ccc(Br)cc1)NO. The minimum atomic E-state index is -2.46. The standard InChI is InChI=1S/C20H25BrN2O4S/c21-16-10-8-13(9-11-16)20(23-28(26)27)19-15-7-6-14(12-15)17(19)4-2-1-3-5-18(24)22-25/h2,4,8-11,14-15,17,19-20,25H,1,3,5-7,12H2,(H,22,24). The number of benzene rings is 1. The highest BCUT2D eigenvalue weighted by Crippen LogP contribution is 2.57. The van der Waals surface area contributed by atoms with Gasteiger partial charge in [-0.1, -0.05) is 40.2 Å². The van der Waals surface area contributed by atoms with Crippen molar-refractivity contribution in [3.63, 3.8) is 0 Å². The molecule has 5 unspecified atom stereocenters. The Morgan fingerprint density at radius 1 is 1.29 bits per heavy atom. The number of hydrogen-bond acceptors (Lipinski definition) is 5. The van der Waals surface area contributed by atoms with Crippen LogP contribution in [0.3, 0.4) is 0 Å². The summed E-state index contributed by atoms with van der Waals surface area (Å²) in [4.78, 5) is 11.1. The summed E-state index contributed by atoms with van der Waals surface area (Å²) in [5, 5.41) is 8.55. The van der Waals surface area contributed by atoms with E-state index in [2.05, 4.69) is 32.4 Å². The maximum Gasteiger partial charge on any atom is 0.311 e. The van der Waals surface area contributed by atoms with Gasteiger partial charge in [0, 0.05) is 10.9 Å². The van der Waals surface area contributed by atoms with Crippen LogP contribution in [0.1, 0.15) is 50.1 Å². The monoisotopic (exact) mass is 468 g/mol. The molecule has 2 N–H and O–H groups in total. The van der Waals surface area contributed by atoms with Gasteiger partial charge in [-0.15, -0.1) is 0 Å². The predicted molar refractivity (Wildman–Crippen MR) is 109 cm³/mol. The van der Waals surface area contributed by atoms with Gasteiger partial charge >= 0.3 is 10.5 Å². The molecule has 1 aromatic carbocycles. The molecule has 2 saturated carbocycles. The summed E-state index contributed by atoms with van der Waals surface area (Å²) in [5.74, 6) is 1.15. The van der Waals surface area contributed by atoms with Crippen LogP contribution in [0.2, 0.25) is 0 Å². The molecule has 0 radical (unpaired) electrons. The molecule has 5 atom stereocenters. The lowest BCUT2D eigenvalue weighted by Gasteiger charge is -2.33. The molecule has 152 valence electrons. The first-order chi connectivity index (χ1) is 13.5. The van der Waals surface area contributed by atoms with Crippen molar-refractivity contribution in [3.05, 3.63) is 46.5 Å². The quantitative estimate of drug-likeness (QED) is 0.255. The van der Waals surface area contributed by atoms with Crippen molar-refractivity contribution in [2.24, 2.45) is 28.0 Å². The number of amides is 1. The molecule has 0 spiro atoms. The van der Waals surface area contributed by atoms with Crippen molar-refractivity contribution in [3.8, 4) is 0 Å². The first kappa shape index (κ1) is 21.2. The van der Waals surface area contributed by atoms with Crippen molar-refractivity contribution in [2.45, 2.75) is 44.6 Å². The molecule has 0 aromatic heterocycles. The second-order valence-corrected chi connectivity index (χ2v) is 9.22. The third-order valence-electron chi connectivity index (χ3n) is 6.08. The van der Waals surface area contributed by atoms with E-state index in [0.29, 0.717) is 24.2 Å². The van der Waals surface area contributed by atoms with Crippen LogP contribution in [0.5, 0.6) is 0 Å². The molecule has 2 aliphatic carbocycles. The van der Waals surface area contributed by atoms with Crippen LogP contribution in [0.4, 0.5) is 0 Å². The molecule has 6 nitrogen and oxygen atoms in total. The molecule has 0 aliphatic heterocycles. The number of hydroxylamine groups is 1. The number of carbonyl (C=O) groups excluding carboxylic acids is 1. The minimum absolute atomic E-state index is 0.176. The van der Waals surface area contributed by atoms with Crippen molar-refractivity contribution >= 4 is 32.3 Å². The van der Waals surface area contributed by atoms with E-state index in [1.54, 1.807) is 5.48 Å². The Morgan fingerprint density at radius 3 is 2.68 bits per heavy atom. The average Bonchev–Trinajstić information content (AvgIpc) is 3.28. The van der Waals surface area contributed by atoms with Gasteiger partial charge < -0.3 is 0 Å². The fourth-order valence-corrected chi connectivity index (χ4v) is 5.64. The second-order valence-electron chi connectivity index (χ2n) is 7.66. The molecule has 8 heteroatoms. The van der Waals surface area contributed by atoms with Crippen LogP contribution in [-0.2, 0) is 15.3 Å². The molecule has 2 aliphatic rings. The van der Waals surface area contributed by atoms with Crippen molar-refractivity contribution < 1.29 is 18.4 Å². The zero-order valence-corrected chi connectivity index (χ0v) is 17.9. The zero-order valence-electron chi connectivity index (χ0n) is 15.5. The molecule has 3 rings (SSSR count). The smallest absolute Gasteiger partial charge is 0.289 e. The summed E-state index contributed by atoms with van der Waals surface area (Å²) >= 11 is 3.43. The van der Waals surface area contributed by atoms with Crippen molar-refractivity contribution in [1.82, 2.24) is 5.48 Å². The Morgan fingerprint density at radius 2 is 2.00 bits per heavy atom. The lowest BCUT2D eigenvalue weighted by molar-refractivity contribution is -0.129. The van der Waals surface area contributed by atoms with E-state index in [1.807, 2.05) is 24.3 Å². The number of nitrogens with zero attached hydrogens (tertiary/aromatic N) is 1. The molecule has 0 heterocycles. The number of fused-ring (bicyclic) bond motifs is 2. The Labute approximate surface area is 175 Å². The maximum atomic E-state index is 11.5. The molecule has 1 amide bonds. The van der Waals surface area contributed by atoms with E-state index in [-0.39, 0.29) is 24.3 Å². The number of unbranched alkanes of at least 4 members (excludes halogenated alkanes) is 1. The van der Waals surface area contributed by atoms with Gasteiger partial charge in [0.05, 0.1) is 6.04 Å². The largest absolute Gasteiger partial charge is 0.311 e. The van der Waals surface area contributed by atoms with Gasteiger partial charge in [-0.3, -0.25) is 10.0 Å². The predicted octanol–water partition coefficient (Wildman–Crippen LogP) is 4.45. The minimum Gasteiger partial charge on any atom is -0.289 e. The Balaban J connectivity index is 1.78. The van der Waals surface area contributed by atoms with E-state index in [0.717, 1.165) is 29.3 Å². The first-order valence-electron chi connectivity index (χ1n) is 9.65. The third-order valence-corrected chi connectivity index (χ3v) is 7.01.